The molecule has 30 heavy (non-hydrogen) atoms. The molecule has 0 fully saturated rings. The van der Waals surface area contributed by atoms with Crippen molar-refractivity contribution in [3.63, 3.8) is 0 Å². The van der Waals surface area contributed by atoms with E-state index in [9.17, 15) is 5.11 Å². The first kappa shape index (κ1) is 23.5. The van der Waals surface area contributed by atoms with Gasteiger partial charge in [-0.1, -0.05) is 23.8 Å². The lowest BCUT2D eigenvalue weighted by atomic mass is 10.1. The number of guanidine groups is 1. The summed E-state index contributed by atoms with van der Waals surface area (Å²) in [5.74, 6) is 1.79. The van der Waals surface area contributed by atoms with Crippen LogP contribution < -0.4 is 15.4 Å². The molecule has 0 saturated carbocycles. The lowest BCUT2D eigenvalue weighted by Gasteiger charge is -2.10. The number of aromatic nitrogens is 1. The van der Waals surface area contributed by atoms with Gasteiger partial charge in [0.25, 0.3) is 0 Å². The Morgan fingerprint density at radius 3 is 2.60 bits per heavy atom. The van der Waals surface area contributed by atoms with Gasteiger partial charge >= 0.3 is 0 Å². The Hall–Kier alpha value is -2.75. The van der Waals surface area contributed by atoms with Crippen molar-refractivity contribution < 1.29 is 14.3 Å². The highest BCUT2D eigenvalue weighted by Crippen LogP contribution is 2.26. The summed E-state index contributed by atoms with van der Waals surface area (Å²) in [5.41, 5.74) is 3.80. The number of methoxy groups -OCH3 is 1. The summed E-state index contributed by atoms with van der Waals surface area (Å²) >= 11 is 0. The highest BCUT2D eigenvalue weighted by Gasteiger charge is 2.08. The van der Waals surface area contributed by atoms with E-state index in [1.54, 1.807) is 18.4 Å². The maximum absolute atomic E-state index is 9.90. The van der Waals surface area contributed by atoms with Crippen LogP contribution in [-0.4, -0.2) is 29.7 Å². The second-order valence-corrected chi connectivity index (χ2v) is 6.56. The molecule has 7 nitrogen and oxygen atoms in total. The number of nitrogens with zero attached hydrogens (tertiary/aromatic N) is 2. The fourth-order valence-corrected chi connectivity index (χ4v) is 2.74. The quantitative estimate of drug-likeness (QED) is 0.244. The van der Waals surface area contributed by atoms with Gasteiger partial charge in [-0.05, 0) is 43.7 Å². The second kappa shape index (κ2) is 11.4. The van der Waals surface area contributed by atoms with Crippen LogP contribution in [0.15, 0.2) is 58.1 Å². The molecule has 0 aliphatic rings. The fraction of sp³-hybridized carbons (Fsp3) is 0.273. The van der Waals surface area contributed by atoms with Gasteiger partial charge in [0, 0.05) is 12.1 Å². The molecular weight excluding hydrogens is 495 g/mol. The van der Waals surface area contributed by atoms with Gasteiger partial charge in [-0.3, -0.25) is 0 Å². The summed E-state index contributed by atoms with van der Waals surface area (Å²) in [6, 6.07) is 13.3. The molecule has 0 amide bonds. The molecule has 0 unspecified atom stereocenters. The average Bonchev–Trinajstić information content (AvgIpc) is 3.20. The van der Waals surface area contributed by atoms with E-state index < -0.39 is 0 Å². The molecule has 1 heterocycles. The average molecular weight is 522 g/mol. The Bertz CT molecular complexity index is 971. The van der Waals surface area contributed by atoms with Crippen LogP contribution in [-0.2, 0) is 13.1 Å². The third kappa shape index (κ3) is 6.38. The first-order chi connectivity index (χ1) is 14.1. The molecule has 3 rings (SSSR count). The van der Waals surface area contributed by atoms with Crippen molar-refractivity contribution in [3.8, 4) is 23.0 Å². The summed E-state index contributed by atoms with van der Waals surface area (Å²) < 4.78 is 10.7. The number of aromatic hydroxyl groups is 1. The highest BCUT2D eigenvalue weighted by molar-refractivity contribution is 14.0. The molecule has 0 aliphatic carbocycles. The van der Waals surface area contributed by atoms with Crippen LogP contribution in [0.1, 0.15) is 23.7 Å². The smallest absolute Gasteiger partial charge is 0.226 e. The SMILES string of the molecule is CCNC(=NCc1ccc(OC)c(O)c1)NCc1coc(-c2ccc(C)cc2)n1.I. The molecule has 0 aliphatic heterocycles. The number of rotatable bonds is 7. The predicted molar refractivity (Wildman–Crippen MR) is 128 cm³/mol. The zero-order valence-electron chi connectivity index (χ0n) is 17.3. The topological polar surface area (TPSA) is 91.9 Å². The zero-order valence-corrected chi connectivity index (χ0v) is 19.6. The van der Waals surface area contributed by atoms with Gasteiger partial charge < -0.3 is 24.9 Å². The maximum Gasteiger partial charge on any atom is 0.226 e. The minimum atomic E-state index is 0. The van der Waals surface area contributed by atoms with E-state index in [1.165, 1.54) is 12.7 Å². The summed E-state index contributed by atoms with van der Waals surface area (Å²) in [6.45, 7) is 5.67. The third-order valence-electron chi connectivity index (χ3n) is 4.29. The van der Waals surface area contributed by atoms with E-state index in [0.29, 0.717) is 30.7 Å². The number of oxazole rings is 1. The van der Waals surface area contributed by atoms with Crippen LogP contribution in [0.25, 0.3) is 11.5 Å². The largest absolute Gasteiger partial charge is 0.504 e. The standard InChI is InChI=1S/C22H26N4O3.HI/c1-4-23-22(24-12-16-7-10-20(28-3)19(27)11-16)25-13-18-14-29-21(26-18)17-8-5-15(2)6-9-17;/h5-11,14,27H,4,12-13H2,1-3H3,(H2,23,24,25);1H. The van der Waals surface area contributed by atoms with Crippen LogP contribution in [0.5, 0.6) is 11.5 Å². The number of ether oxygens (including phenoxy) is 1. The Labute approximate surface area is 193 Å². The second-order valence-electron chi connectivity index (χ2n) is 6.56. The van der Waals surface area contributed by atoms with Gasteiger partial charge in [-0.15, -0.1) is 24.0 Å². The highest BCUT2D eigenvalue weighted by atomic mass is 127. The van der Waals surface area contributed by atoms with Crippen molar-refractivity contribution >= 4 is 29.9 Å². The third-order valence-corrected chi connectivity index (χ3v) is 4.29. The number of phenolic OH excluding ortho intramolecular Hbond substituents is 1. The zero-order chi connectivity index (χ0) is 20.6. The van der Waals surface area contributed by atoms with Gasteiger partial charge in [0.15, 0.2) is 17.5 Å². The minimum Gasteiger partial charge on any atom is -0.504 e. The van der Waals surface area contributed by atoms with Gasteiger partial charge in [0.1, 0.15) is 6.26 Å². The number of aryl methyl sites for hydroxylation is 1. The first-order valence-electron chi connectivity index (χ1n) is 9.48. The number of phenols is 1. The number of halogens is 1. The number of benzene rings is 2. The van der Waals surface area contributed by atoms with Crippen LogP contribution in [0, 0.1) is 6.92 Å². The Balaban J connectivity index is 0.00000320. The predicted octanol–water partition coefficient (Wildman–Crippen LogP) is 4.24. The monoisotopic (exact) mass is 522 g/mol. The van der Waals surface area contributed by atoms with Crippen molar-refractivity contribution in [1.82, 2.24) is 15.6 Å². The lowest BCUT2D eigenvalue weighted by molar-refractivity contribution is 0.373. The van der Waals surface area contributed by atoms with Gasteiger partial charge in [-0.2, -0.15) is 0 Å². The summed E-state index contributed by atoms with van der Waals surface area (Å²) in [4.78, 5) is 9.09. The van der Waals surface area contributed by atoms with E-state index in [1.807, 2.05) is 44.2 Å². The van der Waals surface area contributed by atoms with Crippen LogP contribution in [0.2, 0.25) is 0 Å². The number of aliphatic imine (C=N–C) groups is 1. The molecular formula is C22H27IN4O3. The van der Waals surface area contributed by atoms with Gasteiger partial charge in [0.05, 0.1) is 25.9 Å². The normalized spacial score (nSPS) is 11.0. The maximum atomic E-state index is 9.90. The molecule has 8 heteroatoms. The fourth-order valence-electron chi connectivity index (χ4n) is 2.74. The minimum absolute atomic E-state index is 0. The molecule has 0 radical (unpaired) electrons. The van der Waals surface area contributed by atoms with E-state index in [0.717, 1.165) is 23.4 Å². The Morgan fingerprint density at radius 1 is 1.17 bits per heavy atom. The van der Waals surface area contributed by atoms with E-state index in [-0.39, 0.29) is 29.7 Å². The van der Waals surface area contributed by atoms with Crippen LogP contribution in [0.4, 0.5) is 0 Å². The number of nitrogens with one attached hydrogen (secondary N) is 2. The molecule has 0 spiro atoms. The van der Waals surface area contributed by atoms with E-state index >= 15 is 0 Å². The van der Waals surface area contributed by atoms with E-state index in [2.05, 4.69) is 20.6 Å². The summed E-state index contributed by atoms with van der Waals surface area (Å²) in [7, 11) is 1.52. The van der Waals surface area contributed by atoms with Gasteiger partial charge in [0.2, 0.25) is 5.89 Å². The molecule has 0 atom stereocenters. The van der Waals surface area contributed by atoms with Crippen LogP contribution >= 0.6 is 24.0 Å². The molecule has 3 aromatic rings. The molecule has 160 valence electrons. The molecule has 0 saturated heterocycles. The van der Waals surface area contributed by atoms with Crippen molar-refractivity contribution in [2.75, 3.05) is 13.7 Å². The molecule has 2 aromatic carbocycles. The number of hydrogen-bond acceptors (Lipinski definition) is 5. The molecule has 3 N–H and O–H groups in total. The van der Waals surface area contributed by atoms with Crippen LogP contribution in [0.3, 0.4) is 0 Å². The van der Waals surface area contributed by atoms with Crippen molar-refractivity contribution in [2.45, 2.75) is 26.9 Å². The molecule has 0 bridgehead atoms. The summed E-state index contributed by atoms with van der Waals surface area (Å²) in [5, 5.41) is 16.3. The van der Waals surface area contributed by atoms with Crippen molar-refractivity contribution in [3.05, 3.63) is 65.5 Å². The summed E-state index contributed by atoms with van der Waals surface area (Å²) in [6.07, 6.45) is 1.65. The lowest BCUT2D eigenvalue weighted by Crippen LogP contribution is -2.36. The van der Waals surface area contributed by atoms with Gasteiger partial charge in [-0.25, -0.2) is 9.98 Å². The number of hydrogen-bond donors (Lipinski definition) is 3. The van der Waals surface area contributed by atoms with Crippen molar-refractivity contribution in [1.29, 1.82) is 0 Å². The Morgan fingerprint density at radius 2 is 1.93 bits per heavy atom. The van der Waals surface area contributed by atoms with E-state index in [4.69, 9.17) is 9.15 Å². The molecule has 1 aromatic heterocycles. The first-order valence-corrected chi connectivity index (χ1v) is 9.48. The Kier molecular flexibility index (Phi) is 8.97. The van der Waals surface area contributed by atoms with Crippen molar-refractivity contribution in [2.24, 2.45) is 4.99 Å².